The molecule has 30 heavy (non-hydrogen) atoms. The zero-order chi connectivity index (χ0) is 21.0. The highest BCUT2D eigenvalue weighted by Crippen LogP contribution is 2.40. The van der Waals surface area contributed by atoms with Crippen LogP contribution in [0.1, 0.15) is 46.4 Å². The number of thiocarbonyl (C=S) groups is 1. The zero-order valence-corrected chi connectivity index (χ0v) is 17.8. The molecule has 1 saturated heterocycles. The van der Waals surface area contributed by atoms with Gasteiger partial charge in [-0.25, -0.2) is 9.78 Å². The monoisotopic (exact) mass is 418 g/mol. The highest BCUT2D eigenvalue weighted by molar-refractivity contribution is 7.80. The van der Waals surface area contributed by atoms with Crippen LogP contribution in [0.2, 0.25) is 0 Å². The second-order valence-corrected chi connectivity index (χ2v) is 8.33. The summed E-state index contributed by atoms with van der Waals surface area (Å²) in [5.74, 6) is 0.146. The van der Waals surface area contributed by atoms with Gasteiger partial charge in [-0.3, -0.25) is 9.69 Å². The fourth-order valence-electron chi connectivity index (χ4n) is 4.61. The Balaban J connectivity index is 1.62. The molecule has 1 aromatic carbocycles. The summed E-state index contributed by atoms with van der Waals surface area (Å²) in [6, 6.07) is 11.8. The van der Waals surface area contributed by atoms with Gasteiger partial charge in [-0.15, -0.1) is 0 Å². The largest absolute Gasteiger partial charge is 0.325 e. The molecule has 0 saturated carbocycles. The van der Waals surface area contributed by atoms with Crippen LogP contribution in [0.15, 0.2) is 42.6 Å². The van der Waals surface area contributed by atoms with Gasteiger partial charge in [0.1, 0.15) is 5.65 Å². The number of nitrogens with zero attached hydrogens (tertiary/aromatic N) is 4. The van der Waals surface area contributed by atoms with Crippen LogP contribution in [0, 0.1) is 0 Å². The van der Waals surface area contributed by atoms with E-state index in [1.165, 1.54) is 5.56 Å². The van der Waals surface area contributed by atoms with Gasteiger partial charge >= 0.3 is 6.03 Å². The van der Waals surface area contributed by atoms with Crippen LogP contribution in [0.3, 0.4) is 0 Å². The van der Waals surface area contributed by atoms with Gasteiger partial charge in [0, 0.05) is 49.4 Å². The molecule has 2 aliphatic heterocycles. The smallest absolute Gasteiger partial charge is 0.323 e. The molecule has 2 aromatic heterocycles. The summed E-state index contributed by atoms with van der Waals surface area (Å²) in [6.07, 6.45) is 2.30. The molecule has 1 fully saturated rings. The van der Waals surface area contributed by atoms with E-state index in [0.29, 0.717) is 31.0 Å². The van der Waals surface area contributed by atoms with Crippen molar-refractivity contribution in [1.82, 2.24) is 19.4 Å². The lowest BCUT2D eigenvalue weighted by Gasteiger charge is -2.42. The topological polar surface area (TPSA) is 58.4 Å². The number of ketones is 1. The Morgan fingerprint density at radius 3 is 2.73 bits per heavy atom. The number of carbonyl (C=O) groups is 2. The maximum Gasteiger partial charge on any atom is 0.325 e. The lowest BCUT2D eigenvalue weighted by molar-refractivity contribution is 0.0988. The minimum Gasteiger partial charge on any atom is -0.323 e. The van der Waals surface area contributed by atoms with Crippen molar-refractivity contribution in [2.45, 2.75) is 32.4 Å². The molecule has 152 valence electrons. The number of hydrogen-bond donors (Lipinski definition) is 0. The van der Waals surface area contributed by atoms with Gasteiger partial charge in [0.25, 0.3) is 0 Å². The van der Waals surface area contributed by atoms with Crippen LogP contribution in [0.4, 0.5) is 4.79 Å². The molecule has 2 aliphatic rings. The second kappa shape index (κ2) is 7.02. The summed E-state index contributed by atoms with van der Waals surface area (Å²) >= 11 is 5.66. The summed E-state index contributed by atoms with van der Waals surface area (Å²) in [7, 11) is 1.76. The van der Waals surface area contributed by atoms with Crippen LogP contribution in [-0.2, 0) is 13.1 Å². The van der Waals surface area contributed by atoms with Crippen molar-refractivity contribution in [2.75, 3.05) is 13.6 Å². The highest BCUT2D eigenvalue weighted by Gasteiger charge is 2.42. The number of carbonyl (C=O) groups excluding carboxylic acids is 2. The van der Waals surface area contributed by atoms with Crippen LogP contribution in [0.5, 0.6) is 0 Å². The predicted octanol–water partition coefficient (Wildman–Crippen LogP) is 3.97. The van der Waals surface area contributed by atoms with E-state index in [-0.39, 0.29) is 17.7 Å². The maximum absolute atomic E-state index is 12.7. The number of aromatic nitrogens is 2. The van der Waals surface area contributed by atoms with Gasteiger partial charge in [0.2, 0.25) is 0 Å². The molecule has 0 spiro atoms. The van der Waals surface area contributed by atoms with E-state index in [4.69, 9.17) is 12.2 Å². The summed E-state index contributed by atoms with van der Waals surface area (Å²) in [5.41, 5.74) is 5.01. The summed E-state index contributed by atoms with van der Waals surface area (Å²) in [5, 5.41) is 1.10. The molecule has 0 N–H and O–H groups in total. The van der Waals surface area contributed by atoms with Crippen molar-refractivity contribution in [3.63, 3.8) is 0 Å². The van der Waals surface area contributed by atoms with Gasteiger partial charge in [0.05, 0.1) is 17.5 Å². The van der Waals surface area contributed by atoms with Crippen molar-refractivity contribution < 1.29 is 9.59 Å². The number of rotatable bonds is 4. The van der Waals surface area contributed by atoms with E-state index in [1.807, 2.05) is 42.2 Å². The molecule has 7 heteroatoms. The minimum absolute atomic E-state index is 0.00366. The average Bonchev–Trinajstić information content (AvgIpc) is 3.09. The van der Waals surface area contributed by atoms with Crippen LogP contribution in [-0.4, -0.2) is 49.7 Å². The Kier molecular flexibility index (Phi) is 4.43. The number of benzene rings is 1. The Labute approximate surface area is 180 Å². The Bertz CT molecular complexity index is 1200. The minimum atomic E-state index is -0.0471. The van der Waals surface area contributed by atoms with E-state index in [2.05, 4.69) is 15.6 Å². The Morgan fingerprint density at radius 2 is 2.00 bits per heavy atom. The molecular weight excluding hydrogens is 396 g/mol. The van der Waals surface area contributed by atoms with Gasteiger partial charge in [-0.1, -0.05) is 43.4 Å². The summed E-state index contributed by atoms with van der Waals surface area (Å²) in [4.78, 5) is 33.4. The van der Waals surface area contributed by atoms with E-state index in [9.17, 15) is 9.59 Å². The fraction of sp³-hybridized carbons (Fsp3) is 0.304. The summed E-state index contributed by atoms with van der Waals surface area (Å²) in [6.45, 7) is 3.66. The normalized spacial score (nSPS) is 18.1. The molecule has 2 bridgehead atoms. The summed E-state index contributed by atoms with van der Waals surface area (Å²) < 4.78 is 2.20. The third-order valence-corrected chi connectivity index (χ3v) is 6.74. The molecule has 1 unspecified atom stereocenters. The number of fused-ring (bicyclic) bond motifs is 6. The van der Waals surface area contributed by atoms with E-state index in [0.717, 1.165) is 27.9 Å². The molecule has 6 nitrogen and oxygen atoms in total. The predicted molar refractivity (Wildman–Crippen MR) is 119 cm³/mol. The van der Waals surface area contributed by atoms with Crippen molar-refractivity contribution >= 4 is 40.1 Å². The first kappa shape index (κ1) is 18.9. The molecule has 3 aromatic rings. The number of urea groups is 1. The molecule has 5 rings (SSSR count). The lowest BCUT2D eigenvalue weighted by atomic mass is 9.90. The van der Waals surface area contributed by atoms with Crippen molar-refractivity contribution in [1.29, 1.82) is 0 Å². The molecular formula is C23H22N4O2S. The maximum atomic E-state index is 12.7. The highest BCUT2D eigenvalue weighted by atomic mass is 32.1. The van der Waals surface area contributed by atoms with E-state index in [1.54, 1.807) is 18.1 Å². The Morgan fingerprint density at radius 1 is 1.23 bits per heavy atom. The molecule has 4 heterocycles. The van der Waals surface area contributed by atoms with Crippen molar-refractivity contribution in [2.24, 2.45) is 0 Å². The standard InChI is InChI=1S/C23H22N4O2S/c1-3-19(28)15-8-6-14(7-9-15)11-27-18-13-26-12-17(22(30)25(2)23(26)29)20(18)16-5-4-10-24-21(16)27/h4-10,17H,3,11-13H2,1-2H3. The average molecular weight is 419 g/mol. The second-order valence-electron chi connectivity index (χ2n) is 7.91. The third kappa shape index (κ3) is 2.76. The van der Waals surface area contributed by atoms with Crippen LogP contribution in [0.25, 0.3) is 11.0 Å². The first-order valence-corrected chi connectivity index (χ1v) is 10.5. The quantitative estimate of drug-likeness (QED) is 0.475. The van der Waals surface area contributed by atoms with E-state index < -0.39 is 0 Å². The third-order valence-electron chi connectivity index (χ3n) is 6.19. The number of likely N-dealkylation sites (N-methyl/N-ethyl adjacent to an activating group) is 1. The first-order chi connectivity index (χ1) is 14.5. The van der Waals surface area contributed by atoms with Gasteiger partial charge in [-0.05, 0) is 23.3 Å². The lowest BCUT2D eigenvalue weighted by Crippen LogP contribution is -2.55. The molecule has 0 radical (unpaired) electrons. The van der Waals surface area contributed by atoms with E-state index >= 15 is 0 Å². The van der Waals surface area contributed by atoms with Gasteiger partial charge < -0.3 is 9.47 Å². The van der Waals surface area contributed by atoms with Crippen LogP contribution >= 0.6 is 12.2 Å². The van der Waals surface area contributed by atoms with Crippen molar-refractivity contribution in [3.8, 4) is 0 Å². The van der Waals surface area contributed by atoms with Crippen LogP contribution < -0.4 is 0 Å². The zero-order valence-electron chi connectivity index (χ0n) is 17.0. The molecule has 1 atom stereocenters. The Hall–Kier alpha value is -3.06. The molecule has 0 aliphatic carbocycles. The van der Waals surface area contributed by atoms with Gasteiger partial charge in [0.15, 0.2) is 5.78 Å². The SMILES string of the molecule is CCC(=O)c1ccc(Cn2c3c(c4cccnc42)C2CN(C3)C(=O)N(C)C2=S)cc1. The number of Topliss-reactive ketones (excluding diaryl/α,β-unsaturated/α-hetero) is 1. The van der Waals surface area contributed by atoms with Gasteiger partial charge in [-0.2, -0.15) is 0 Å². The number of amides is 2. The van der Waals surface area contributed by atoms with Crippen molar-refractivity contribution in [3.05, 3.63) is 65.0 Å². The number of pyridine rings is 1. The first-order valence-electron chi connectivity index (χ1n) is 10.1. The molecule has 2 amide bonds. The fourth-order valence-corrected chi connectivity index (χ4v) is 4.88. The number of hydrogen-bond acceptors (Lipinski definition) is 4.